The fourth-order valence-electron chi connectivity index (χ4n) is 1.29. The second-order valence-electron chi connectivity index (χ2n) is 3.44. The normalized spacial score (nSPS) is 12.5. The molecule has 5 nitrogen and oxygen atoms in total. The molecule has 0 fully saturated rings. The number of rotatable bonds is 4. The Labute approximate surface area is 87.9 Å². The first-order chi connectivity index (χ1) is 7.04. The topological polar surface area (TPSA) is 76.3 Å². The zero-order valence-corrected chi connectivity index (χ0v) is 8.80. The highest BCUT2D eigenvalue weighted by atomic mass is 16.6. The van der Waals surface area contributed by atoms with Gasteiger partial charge in [-0.15, -0.1) is 0 Å². The zero-order valence-electron chi connectivity index (χ0n) is 8.80. The highest BCUT2D eigenvalue weighted by molar-refractivity contribution is 5.36. The van der Waals surface area contributed by atoms with E-state index in [0.717, 1.165) is 5.69 Å². The smallest absolute Gasteiger partial charge is 0.290 e. The molecule has 0 saturated carbocycles. The zero-order chi connectivity index (χ0) is 11.4. The van der Waals surface area contributed by atoms with E-state index in [0.29, 0.717) is 12.1 Å². The second kappa shape index (κ2) is 4.84. The maximum atomic E-state index is 10.7. The van der Waals surface area contributed by atoms with E-state index in [4.69, 9.17) is 0 Å². The van der Waals surface area contributed by atoms with Crippen LogP contribution in [-0.4, -0.2) is 21.1 Å². The Morgan fingerprint density at radius 3 is 2.80 bits per heavy atom. The number of aliphatic hydroxyl groups is 1. The summed E-state index contributed by atoms with van der Waals surface area (Å²) in [6, 6.07) is 3.03. The molecule has 0 radical (unpaired) electrons. The maximum absolute atomic E-state index is 10.7. The third-order valence-corrected chi connectivity index (χ3v) is 2.19. The molecule has 1 aromatic heterocycles. The molecule has 1 rings (SSSR count). The number of aliphatic hydroxyl groups excluding tert-OH is 1. The number of hydrogen-bond acceptors (Lipinski definition) is 4. The van der Waals surface area contributed by atoms with Crippen LogP contribution in [0.25, 0.3) is 0 Å². The van der Waals surface area contributed by atoms with Crippen molar-refractivity contribution in [1.29, 1.82) is 0 Å². The van der Waals surface area contributed by atoms with Gasteiger partial charge in [-0.2, -0.15) is 0 Å². The van der Waals surface area contributed by atoms with Gasteiger partial charge in [0, 0.05) is 18.2 Å². The van der Waals surface area contributed by atoms with Gasteiger partial charge in [0.1, 0.15) is 5.69 Å². The van der Waals surface area contributed by atoms with Crippen molar-refractivity contribution in [3.05, 3.63) is 33.6 Å². The summed E-state index contributed by atoms with van der Waals surface area (Å²) in [7, 11) is 0. The van der Waals surface area contributed by atoms with Gasteiger partial charge in [0.05, 0.1) is 11.0 Å². The van der Waals surface area contributed by atoms with Crippen LogP contribution in [0, 0.1) is 17.0 Å². The summed E-state index contributed by atoms with van der Waals surface area (Å²) in [5.74, 6) is 0. The summed E-state index contributed by atoms with van der Waals surface area (Å²) in [5, 5.41) is 20.1. The van der Waals surface area contributed by atoms with Crippen molar-refractivity contribution in [2.45, 2.75) is 32.8 Å². The number of aryl methyl sites for hydroxylation is 1. The lowest BCUT2D eigenvalue weighted by Gasteiger charge is -2.07. The number of hydrogen-bond donors (Lipinski definition) is 1. The Morgan fingerprint density at radius 1 is 1.60 bits per heavy atom. The van der Waals surface area contributed by atoms with Gasteiger partial charge in [-0.05, 0) is 19.4 Å². The van der Waals surface area contributed by atoms with Crippen LogP contribution in [0.3, 0.4) is 0 Å². The Hall–Kier alpha value is -1.49. The summed E-state index contributed by atoms with van der Waals surface area (Å²) in [4.78, 5) is 14.3. The molecule has 1 N–H and O–H groups in total. The molecule has 0 aromatic carbocycles. The molecular formula is C10H14N2O3. The van der Waals surface area contributed by atoms with Crippen LogP contribution < -0.4 is 0 Å². The molecule has 0 bridgehead atoms. The first kappa shape index (κ1) is 11.6. The molecular weight excluding hydrogens is 196 g/mol. The van der Waals surface area contributed by atoms with E-state index in [9.17, 15) is 15.2 Å². The molecule has 1 unspecified atom stereocenters. The third-order valence-electron chi connectivity index (χ3n) is 2.19. The van der Waals surface area contributed by atoms with Gasteiger partial charge in [-0.25, -0.2) is 0 Å². The van der Waals surface area contributed by atoms with Gasteiger partial charge in [0.2, 0.25) is 0 Å². The van der Waals surface area contributed by atoms with E-state index in [1.807, 2.05) is 6.92 Å². The predicted molar refractivity (Wildman–Crippen MR) is 55.6 cm³/mol. The van der Waals surface area contributed by atoms with Crippen LogP contribution in [0.4, 0.5) is 5.69 Å². The van der Waals surface area contributed by atoms with Gasteiger partial charge >= 0.3 is 0 Å². The lowest BCUT2D eigenvalue weighted by atomic mass is 10.1. The van der Waals surface area contributed by atoms with E-state index in [1.54, 1.807) is 13.0 Å². The highest BCUT2D eigenvalue weighted by Crippen LogP contribution is 2.18. The summed E-state index contributed by atoms with van der Waals surface area (Å²) >= 11 is 0. The van der Waals surface area contributed by atoms with Crippen LogP contribution >= 0.6 is 0 Å². The molecule has 1 aromatic rings. The monoisotopic (exact) mass is 210 g/mol. The van der Waals surface area contributed by atoms with Crippen molar-refractivity contribution in [2.75, 3.05) is 0 Å². The Morgan fingerprint density at radius 2 is 2.27 bits per heavy atom. The number of aromatic nitrogens is 1. The Balaban J connectivity index is 3.02. The summed E-state index contributed by atoms with van der Waals surface area (Å²) in [5.41, 5.74) is 1.06. The molecule has 0 aliphatic heterocycles. The van der Waals surface area contributed by atoms with Gasteiger partial charge in [-0.3, -0.25) is 15.1 Å². The van der Waals surface area contributed by atoms with Crippen molar-refractivity contribution >= 4 is 5.69 Å². The first-order valence-corrected chi connectivity index (χ1v) is 4.83. The molecule has 1 heterocycles. The lowest BCUT2D eigenvalue weighted by Crippen LogP contribution is -2.12. The molecule has 0 amide bonds. The first-order valence-electron chi connectivity index (χ1n) is 4.83. The summed E-state index contributed by atoms with van der Waals surface area (Å²) in [6.45, 7) is 3.60. The van der Waals surface area contributed by atoms with Crippen molar-refractivity contribution in [3.8, 4) is 0 Å². The molecule has 1 atom stereocenters. The van der Waals surface area contributed by atoms with Crippen LogP contribution in [0.2, 0.25) is 0 Å². The van der Waals surface area contributed by atoms with E-state index in [-0.39, 0.29) is 12.1 Å². The van der Waals surface area contributed by atoms with Crippen molar-refractivity contribution < 1.29 is 10.0 Å². The minimum atomic E-state index is -0.571. The Kier molecular flexibility index (Phi) is 3.74. The number of pyridine rings is 1. The van der Waals surface area contributed by atoms with Gasteiger partial charge < -0.3 is 5.11 Å². The average Bonchev–Trinajstić information content (AvgIpc) is 2.17. The van der Waals surface area contributed by atoms with Crippen LogP contribution in [-0.2, 0) is 6.42 Å². The number of nitro groups is 1. The molecule has 15 heavy (non-hydrogen) atoms. The van der Waals surface area contributed by atoms with E-state index >= 15 is 0 Å². The minimum absolute atomic E-state index is 0.0203. The maximum Gasteiger partial charge on any atom is 0.290 e. The van der Waals surface area contributed by atoms with Crippen LogP contribution in [0.5, 0.6) is 0 Å². The summed E-state index contributed by atoms with van der Waals surface area (Å²) < 4.78 is 0. The molecule has 0 spiro atoms. The Bertz CT molecular complexity index is 366. The minimum Gasteiger partial charge on any atom is -0.393 e. The average molecular weight is 210 g/mol. The van der Waals surface area contributed by atoms with E-state index in [1.165, 1.54) is 6.07 Å². The van der Waals surface area contributed by atoms with Gasteiger partial charge in [0.25, 0.3) is 5.69 Å². The van der Waals surface area contributed by atoms with E-state index < -0.39 is 11.0 Å². The molecule has 0 saturated heterocycles. The lowest BCUT2D eigenvalue weighted by molar-refractivity contribution is -0.386. The largest absolute Gasteiger partial charge is 0.393 e. The summed E-state index contributed by atoms with van der Waals surface area (Å²) in [6.07, 6.45) is 0.222. The quantitative estimate of drug-likeness (QED) is 0.605. The fraction of sp³-hybridized carbons (Fsp3) is 0.500. The molecule has 0 aliphatic rings. The fourth-order valence-corrected chi connectivity index (χ4v) is 1.29. The van der Waals surface area contributed by atoms with Crippen LogP contribution in [0.1, 0.15) is 24.7 Å². The standard InChI is InChI=1S/C10H14N2O3/c1-3-8(13)6-9-10(12(14)15)5-4-7(2)11-9/h4-5,8,13H,3,6H2,1-2H3. The van der Waals surface area contributed by atoms with E-state index in [2.05, 4.69) is 4.98 Å². The third kappa shape index (κ3) is 2.99. The van der Waals surface area contributed by atoms with Gasteiger partial charge in [0.15, 0.2) is 0 Å². The van der Waals surface area contributed by atoms with Gasteiger partial charge in [-0.1, -0.05) is 6.92 Å². The predicted octanol–water partition coefficient (Wildman–Crippen LogP) is 1.61. The van der Waals surface area contributed by atoms with Crippen molar-refractivity contribution in [2.24, 2.45) is 0 Å². The van der Waals surface area contributed by atoms with Crippen LogP contribution in [0.15, 0.2) is 12.1 Å². The highest BCUT2D eigenvalue weighted by Gasteiger charge is 2.17. The number of nitrogens with zero attached hydrogens (tertiary/aromatic N) is 2. The van der Waals surface area contributed by atoms with Crippen molar-refractivity contribution in [1.82, 2.24) is 4.98 Å². The molecule has 82 valence electrons. The molecule has 0 aliphatic carbocycles. The SMILES string of the molecule is CCC(O)Cc1nc(C)ccc1[N+](=O)[O-]. The molecule has 5 heteroatoms. The van der Waals surface area contributed by atoms with Crippen molar-refractivity contribution in [3.63, 3.8) is 0 Å². The second-order valence-corrected chi connectivity index (χ2v) is 3.44.